The van der Waals surface area contributed by atoms with Crippen LogP contribution >= 0.6 is 0 Å². The zero-order valence-corrected chi connectivity index (χ0v) is 8.86. The van der Waals surface area contributed by atoms with E-state index in [9.17, 15) is 9.90 Å². The number of benzene rings is 1. The predicted octanol–water partition coefficient (Wildman–Crippen LogP) is 0.743. The number of carbonyl (C=O) groups excluding carboxylic acids is 1. The number of ether oxygens (including phenoxy) is 1. The fraction of sp³-hybridized carbons (Fsp3) is 0.364. The van der Waals surface area contributed by atoms with Crippen molar-refractivity contribution in [3.63, 3.8) is 0 Å². The Hall–Kier alpha value is -1.55. The number of esters is 1. The molecular formula is C11H15NO3. The second-order valence-electron chi connectivity index (χ2n) is 3.45. The third kappa shape index (κ3) is 2.95. The lowest BCUT2D eigenvalue weighted by Crippen LogP contribution is -2.33. The normalized spacial score (nSPS) is 12.2. The fourth-order valence-corrected chi connectivity index (χ4v) is 1.27. The molecule has 0 saturated heterocycles. The van der Waals surface area contributed by atoms with Crippen molar-refractivity contribution in [2.75, 3.05) is 7.11 Å². The summed E-state index contributed by atoms with van der Waals surface area (Å²) in [4.78, 5) is 11.1. The Bertz CT molecular complexity index is 363. The van der Waals surface area contributed by atoms with Crippen LogP contribution < -0.4 is 5.73 Å². The van der Waals surface area contributed by atoms with E-state index in [1.165, 1.54) is 7.11 Å². The molecule has 0 spiro atoms. The lowest BCUT2D eigenvalue weighted by atomic mass is 10.0. The molecule has 0 radical (unpaired) electrons. The van der Waals surface area contributed by atoms with Gasteiger partial charge in [-0.25, -0.2) is 0 Å². The highest BCUT2D eigenvalue weighted by molar-refractivity contribution is 5.75. The molecule has 15 heavy (non-hydrogen) atoms. The van der Waals surface area contributed by atoms with Gasteiger partial charge in [-0.15, -0.1) is 0 Å². The van der Waals surface area contributed by atoms with Gasteiger partial charge in [-0.3, -0.25) is 4.79 Å². The summed E-state index contributed by atoms with van der Waals surface area (Å²) in [6.07, 6.45) is 0.362. The minimum absolute atomic E-state index is 0.213. The van der Waals surface area contributed by atoms with E-state index in [1.54, 1.807) is 19.1 Å². The highest BCUT2D eigenvalue weighted by Crippen LogP contribution is 2.18. The molecule has 1 aromatic rings. The van der Waals surface area contributed by atoms with Crippen LogP contribution in [0.25, 0.3) is 0 Å². The number of methoxy groups -OCH3 is 1. The molecule has 0 bridgehead atoms. The Balaban J connectivity index is 2.73. The monoisotopic (exact) mass is 209 g/mol. The summed E-state index contributed by atoms with van der Waals surface area (Å²) in [5.41, 5.74) is 7.20. The maximum absolute atomic E-state index is 11.1. The quantitative estimate of drug-likeness (QED) is 0.720. The molecule has 0 aliphatic heterocycles. The highest BCUT2D eigenvalue weighted by atomic mass is 16.5. The molecule has 4 heteroatoms. The number of phenols is 1. The second kappa shape index (κ2) is 4.79. The highest BCUT2D eigenvalue weighted by Gasteiger charge is 2.14. The summed E-state index contributed by atoms with van der Waals surface area (Å²) in [5.74, 6) is -0.236. The Morgan fingerprint density at radius 1 is 1.60 bits per heavy atom. The maximum Gasteiger partial charge on any atom is 0.322 e. The Morgan fingerprint density at radius 2 is 2.27 bits per heavy atom. The SMILES string of the molecule is COC(=O)[C@H](N)Cc1ccc(C)c(O)c1. The first-order chi connectivity index (χ1) is 7.04. The van der Waals surface area contributed by atoms with E-state index in [-0.39, 0.29) is 5.75 Å². The zero-order chi connectivity index (χ0) is 11.4. The maximum atomic E-state index is 11.1. The van der Waals surface area contributed by atoms with Gasteiger partial charge in [0.15, 0.2) is 0 Å². The number of phenolic OH excluding ortho intramolecular Hbond substituents is 1. The van der Waals surface area contributed by atoms with E-state index in [2.05, 4.69) is 4.74 Å². The molecule has 0 saturated carbocycles. The molecular weight excluding hydrogens is 194 g/mol. The summed E-state index contributed by atoms with van der Waals surface area (Å²) in [6, 6.07) is 4.54. The summed E-state index contributed by atoms with van der Waals surface area (Å²) in [7, 11) is 1.30. The van der Waals surface area contributed by atoms with Crippen LogP contribution in [0.15, 0.2) is 18.2 Å². The van der Waals surface area contributed by atoms with Gasteiger partial charge in [0, 0.05) is 0 Å². The third-order valence-corrected chi connectivity index (χ3v) is 2.23. The van der Waals surface area contributed by atoms with Gasteiger partial charge >= 0.3 is 5.97 Å². The second-order valence-corrected chi connectivity index (χ2v) is 3.45. The number of hydrogen-bond donors (Lipinski definition) is 2. The minimum atomic E-state index is -0.683. The summed E-state index contributed by atoms with van der Waals surface area (Å²) in [5, 5.41) is 9.45. The van der Waals surface area contributed by atoms with Crippen molar-refractivity contribution in [3.05, 3.63) is 29.3 Å². The number of hydrogen-bond acceptors (Lipinski definition) is 4. The van der Waals surface area contributed by atoms with Gasteiger partial charge in [-0.05, 0) is 30.5 Å². The third-order valence-electron chi connectivity index (χ3n) is 2.23. The first kappa shape index (κ1) is 11.5. The molecule has 0 heterocycles. The van der Waals surface area contributed by atoms with E-state index >= 15 is 0 Å². The van der Waals surface area contributed by atoms with Gasteiger partial charge in [-0.1, -0.05) is 12.1 Å². The average Bonchev–Trinajstić information content (AvgIpc) is 2.22. The van der Waals surface area contributed by atoms with Gasteiger partial charge in [-0.2, -0.15) is 0 Å². The number of nitrogens with two attached hydrogens (primary N) is 1. The lowest BCUT2D eigenvalue weighted by Gasteiger charge is -2.09. The molecule has 0 amide bonds. The first-order valence-corrected chi connectivity index (χ1v) is 4.66. The van der Waals surface area contributed by atoms with Crippen LogP contribution in [0.2, 0.25) is 0 Å². The fourth-order valence-electron chi connectivity index (χ4n) is 1.27. The van der Waals surface area contributed by atoms with E-state index in [0.717, 1.165) is 11.1 Å². The van der Waals surface area contributed by atoms with Crippen LogP contribution in [0.1, 0.15) is 11.1 Å². The van der Waals surface area contributed by atoms with Gasteiger partial charge in [0.05, 0.1) is 7.11 Å². The van der Waals surface area contributed by atoms with Crippen molar-refractivity contribution >= 4 is 5.97 Å². The standard InChI is InChI=1S/C11H15NO3/c1-7-3-4-8(6-10(7)13)5-9(12)11(14)15-2/h3-4,6,9,13H,5,12H2,1-2H3/t9-/m1/s1. The van der Waals surface area contributed by atoms with Crippen LogP contribution in [0.4, 0.5) is 0 Å². The smallest absolute Gasteiger partial charge is 0.322 e. The van der Waals surface area contributed by atoms with E-state index in [1.807, 2.05) is 6.07 Å². The molecule has 3 N–H and O–H groups in total. The Morgan fingerprint density at radius 3 is 2.80 bits per heavy atom. The molecule has 0 aromatic heterocycles. The topological polar surface area (TPSA) is 72.5 Å². The molecule has 1 rings (SSSR count). The minimum Gasteiger partial charge on any atom is -0.508 e. The molecule has 0 fully saturated rings. The first-order valence-electron chi connectivity index (χ1n) is 4.66. The van der Waals surface area contributed by atoms with E-state index in [4.69, 9.17) is 5.73 Å². The number of aromatic hydroxyl groups is 1. The summed E-state index contributed by atoms with van der Waals surface area (Å²) in [6.45, 7) is 1.80. The zero-order valence-electron chi connectivity index (χ0n) is 8.86. The van der Waals surface area contributed by atoms with Crippen molar-refractivity contribution in [1.29, 1.82) is 0 Å². The van der Waals surface area contributed by atoms with Crippen molar-refractivity contribution < 1.29 is 14.6 Å². The molecule has 1 aromatic carbocycles. The lowest BCUT2D eigenvalue weighted by molar-refractivity contribution is -0.142. The van der Waals surface area contributed by atoms with Gasteiger partial charge in [0.1, 0.15) is 11.8 Å². The molecule has 0 unspecified atom stereocenters. The summed E-state index contributed by atoms with van der Waals surface area (Å²) >= 11 is 0. The van der Waals surface area contributed by atoms with Crippen LogP contribution in [0, 0.1) is 6.92 Å². The van der Waals surface area contributed by atoms with Crippen LogP contribution in [0.3, 0.4) is 0 Å². The molecule has 0 aliphatic rings. The van der Waals surface area contributed by atoms with Crippen molar-refractivity contribution in [2.45, 2.75) is 19.4 Å². The molecule has 82 valence electrons. The van der Waals surface area contributed by atoms with Crippen molar-refractivity contribution in [3.8, 4) is 5.75 Å². The van der Waals surface area contributed by atoms with Gasteiger partial charge < -0.3 is 15.6 Å². The average molecular weight is 209 g/mol. The molecule has 1 atom stereocenters. The predicted molar refractivity (Wildman–Crippen MR) is 56.5 cm³/mol. The molecule has 4 nitrogen and oxygen atoms in total. The van der Waals surface area contributed by atoms with Gasteiger partial charge in [0.2, 0.25) is 0 Å². The number of carbonyl (C=O) groups is 1. The van der Waals surface area contributed by atoms with E-state index in [0.29, 0.717) is 6.42 Å². The van der Waals surface area contributed by atoms with Crippen molar-refractivity contribution in [1.82, 2.24) is 0 Å². The Kier molecular flexibility index (Phi) is 3.68. The van der Waals surface area contributed by atoms with Crippen molar-refractivity contribution in [2.24, 2.45) is 5.73 Å². The van der Waals surface area contributed by atoms with Crippen LogP contribution in [0.5, 0.6) is 5.75 Å². The molecule has 0 aliphatic carbocycles. The number of aryl methyl sites for hydroxylation is 1. The summed E-state index contributed by atoms with van der Waals surface area (Å²) < 4.78 is 4.51. The van der Waals surface area contributed by atoms with E-state index < -0.39 is 12.0 Å². The Labute approximate surface area is 88.7 Å². The largest absolute Gasteiger partial charge is 0.508 e. The number of rotatable bonds is 3. The van der Waals surface area contributed by atoms with Crippen LogP contribution in [-0.4, -0.2) is 24.2 Å². The van der Waals surface area contributed by atoms with Crippen LogP contribution in [-0.2, 0) is 16.0 Å². The van der Waals surface area contributed by atoms with Gasteiger partial charge in [0.25, 0.3) is 0 Å².